The molecule has 1 heterocycles. The van der Waals surface area contributed by atoms with Gasteiger partial charge in [0.05, 0.1) is 5.75 Å². The molecule has 5 nitrogen and oxygen atoms in total. The third kappa shape index (κ3) is 5.34. The van der Waals surface area contributed by atoms with Gasteiger partial charge >= 0.3 is 0 Å². The summed E-state index contributed by atoms with van der Waals surface area (Å²) < 4.78 is 21.8. The smallest absolute Gasteiger partial charge is 0.191 e. The molecule has 0 unspecified atom stereocenters. The molecule has 94 valence electrons. The Morgan fingerprint density at radius 3 is 2.50 bits per heavy atom. The van der Waals surface area contributed by atoms with Crippen LogP contribution in [0.15, 0.2) is 4.99 Å². The van der Waals surface area contributed by atoms with Gasteiger partial charge < -0.3 is 10.6 Å². The number of hydrogen-bond acceptors (Lipinski definition) is 3. The Bertz CT molecular complexity index is 332. The first-order valence-electron chi connectivity index (χ1n) is 5.71. The second kappa shape index (κ2) is 6.08. The third-order valence-electron chi connectivity index (χ3n) is 2.63. The first-order valence-corrected chi connectivity index (χ1v) is 7.78. The number of guanidine groups is 1. The van der Waals surface area contributed by atoms with Gasteiger partial charge in [0.1, 0.15) is 9.84 Å². The van der Waals surface area contributed by atoms with Crippen molar-refractivity contribution in [1.82, 2.24) is 4.90 Å². The predicted octanol–water partition coefficient (Wildman–Crippen LogP) is 0.222. The van der Waals surface area contributed by atoms with Gasteiger partial charge in [-0.2, -0.15) is 0 Å². The van der Waals surface area contributed by atoms with E-state index in [2.05, 4.69) is 9.89 Å². The van der Waals surface area contributed by atoms with Crippen molar-refractivity contribution < 1.29 is 8.42 Å². The molecule has 0 aliphatic carbocycles. The summed E-state index contributed by atoms with van der Waals surface area (Å²) in [6.45, 7) is 2.44. The maximum absolute atomic E-state index is 10.9. The van der Waals surface area contributed by atoms with E-state index in [1.807, 2.05) is 0 Å². The van der Waals surface area contributed by atoms with Crippen molar-refractivity contribution in [3.8, 4) is 0 Å². The summed E-state index contributed by atoms with van der Waals surface area (Å²) in [5, 5.41) is 0. The number of aliphatic imine (C=N–C) groups is 1. The molecular weight excluding hydrogens is 226 g/mol. The largest absolute Gasteiger partial charge is 0.370 e. The van der Waals surface area contributed by atoms with Crippen LogP contribution in [-0.4, -0.2) is 50.9 Å². The summed E-state index contributed by atoms with van der Waals surface area (Å²) in [6, 6.07) is 0. The summed E-state index contributed by atoms with van der Waals surface area (Å²) >= 11 is 0. The van der Waals surface area contributed by atoms with Crippen molar-refractivity contribution in [2.45, 2.75) is 25.7 Å². The van der Waals surface area contributed by atoms with E-state index in [9.17, 15) is 8.42 Å². The zero-order valence-electron chi connectivity index (χ0n) is 9.85. The third-order valence-corrected chi connectivity index (χ3v) is 3.66. The van der Waals surface area contributed by atoms with Crippen LogP contribution in [0.3, 0.4) is 0 Å². The van der Waals surface area contributed by atoms with Gasteiger partial charge in [0, 0.05) is 25.9 Å². The Morgan fingerprint density at radius 1 is 1.31 bits per heavy atom. The topological polar surface area (TPSA) is 75.8 Å². The molecule has 1 aliphatic heterocycles. The normalized spacial score (nSPS) is 18.8. The molecule has 0 aromatic rings. The fraction of sp³-hybridized carbons (Fsp3) is 0.900. The number of nitrogens with zero attached hydrogens (tertiary/aromatic N) is 2. The highest BCUT2D eigenvalue weighted by atomic mass is 32.2. The second-order valence-electron chi connectivity index (χ2n) is 4.27. The van der Waals surface area contributed by atoms with Crippen LogP contribution in [0.25, 0.3) is 0 Å². The molecule has 0 bridgehead atoms. The van der Waals surface area contributed by atoms with E-state index in [-0.39, 0.29) is 5.75 Å². The van der Waals surface area contributed by atoms with Crippen LogP contribution in [0.5, 0.6) is 0 Å². The lowest BCUT2D eigenvalue weighted by atomic mass is 10.1. The van der Waals surface area contributed by atoms with E-state index in [1.54, 1.807) is 0 Å². The van der Waals surface area contributed by atoms with Crippen LogP contribution < -0.4 is 5.73 Å². The van der Waals surface area contributed by atoms with E-state index in [4.69, 9.17) is 5.73 Å². The van der Waals surface area contributed by atoms with E-state index < -0.39 is 9.84 Å². The zero-order valence-corrected chi connectivity index (χ0v) is 10.7. The summed E-state index contributed by atoms with van der Waals surface area (Å²) in [4.78, 5) is 6.28. The average Bonchev–Trinajstić information content (AvgIpc) is 2.24. The summed E-state index contributed by atoms with van der Waals surface area (Å²) in [7, 11) is -2.87. The Balaban J connectivity index is 2.27. The molecule has 6 heteroatoms. The number of likely N-dealkylation sites (tertiary alicyclic amines) is 1. The van der Waals surface area contributed by atoms with E-state index >= 15 is 0 Å². The van der Waals surface area contributed by atoms with Gasteiger partial charge in [-0.15, -0.1) is 0 Å². The van der Waals surface area contributed by atoms with Crippen molar-refractivity contribution in [2.75, 3.05) is 31.6 Å². The first kappa shape index (κ1) is 13.3. The number of rotatable bonds is 4. The van der Waals surface area contributed by atoms with Gasteiger partial charge in [0.2, 0.25) is 0 Å². The molecule has 1 saturated heterocycles. The number of hydrogen-bond donors (Lipinski definition) is 1. The first-order chi connectivity index (χ1) is 7.49. The van der Waals surface area contributed by atoms with Gasteiger partial charge in [-0.1, -0.05) is 0 Å². The molecule has 2 N–H and O–H groups in total. The van der Waals surface area contributed by atoms with Crippen LogP contribution in [0, 0.1) is 0 Å². The molecule has 0 aromatic carbocycles. The van der Waals surface area contributed by atoms with Crippen LogP contribution >= 0.6 is 0 Å². The molecule has 1 aliphatic rings. The quantitative estimate of drug-likeness (QED) is 0.438. The average molecular weight is 247 g/mol. The minimum absolute atomic E-state index is 0.184. The molecule has 0 amide bonds. The highest BCUT2D eigenvalue weighted by Crippen LogP contribution is 2.07. The van der Waals surface area contributed by atoms with Gasteiger partial charge in [0.25, 0.3) is 0 Å². The number of nitrogens with two attached hydrogens (primary N) is 1. The molecular formula is C10H21N3O2S. The van der Waals surface area contributed by atoms with Crippen LogP contribution in [0.4, 0.5) is 0 Å². The SMILES string of the molecule is CS(=O)(=O)CCCN=C(N)N1CCCCC1. The summed E-state index contributed by atoms with van der Waals surface area (Å²) in [5.74, 6) is 0.747. The maximum Gasteiger partial charge on any atom is 0.191 e. The maximum atomic E-state index is 10.9. The highest BCUT2D eigenvalue weighted by molar-refractivity contribution is 7.90. The van der Waals surface area contributed by atoms with Gasteiger partial charge in [0.15, 0.2) is 5.96 Å². The van der Waals surface area contributed by atoms with Gasteiger partial charge in [-0.25, -0.2) is 8.42 Å². The van der Waals surface area contributed by atoms with Gasteiger partial charge in [-0.05, 0) is 25.7 Å². The van der Waals surface area contributed by atoms with Crippen LogP contribution in [0.2, 0.25) is 0 Å². The van der Waals surface area contributed by atoms with Crippen LogP contribution in [0.1, 0.15) is 25.7 Å². The Hall–Kier alpha value is -0.780. The Labute approximate surface area is 97.6 Å². The van der Waals surface area contributed by atoms with Crippen molar-refractivity contribution >= 4 is 15.8 Å². The van der Waals surface area contributed by atoms with Crippen LogP contribution in [-0.2, 0) is 9.84 Å². The van der Waals surface area contributed by atoms with E-state index in [1.165, 1.54) is 25.5 Å². The van der Waals surface area contributed by atoms with E-state index in [0.29, 0.717) is 18.9 Å². The fourth-order valence-electron chi connectivity index (χ4n) is 1.74. The van der Waals surface area contributed by atoms with Crippen molar-refractivity contribution in [2.24, 2.45) is 10.7 Å². The fourth-order valence-corrected chi connectivity index (χ4v) is 2.40. The number of piperidine rings is 1. The molecule has 0 saturated carbocycles. The molecule has 0 spiro atoms. The molecule has 16 heavy (non-hydrogen) atoms. The molecule has 0 aromatic heterocycles. The van der Waals surface area contributed by atoms with Crippen molar-refractivity contribution in [1.29, 1.82) is 0 Å². The second-order valence-corrected chi connectivity index (χ2v) is 6.53. The Kier molecular flexibility index (Phi) is 5.05. The van der Waals surface area contributed by atoms with Crippen molar-refractivity contribution in [3.05, 3.63) is 0 Å². The minimum Gasteiger partial charge on any atom is -0.370 e. The molecule has 1 fully saturated rings. The van der Waals surface area contributed by atoms with Crippen molar-refractivity contribution in [3.63, 3.8) is 0 Å². The summed E-state index contributed by atoms with van der Waals surface area (Å²) in [5.41, 5.74) is 5.82. The van der Waals surface area contributed by atoms with E-state index in [0.717, 1.165) is 13.1 Å². The standard InChI is InChI=1S/C10H21N3O2S/c1-16(14,15)9-5-6-12-10(11)13-7-3-2-4-8-13/h2-9H2,1H3,(H2,11,12). The molecule has 1 rings (SSSR count). The lowest BCUT2D eigenvalue weighted by Gasteiger charge is -2.27. The molecule has 0 atom stereocenters. The van der Waals surface area contributed by atoms with Gasteiger partial charge in [-0.3, -0.25) is 4.99 Å². The minimum atomic E-state index is -2.87. The number of sulfone groups is 1. The zero-order chi connectivity index (χ0) is 12.0. The monoisotopic (exact) mass is 247 g/mol. The summed E-state index contributed by atoms with van der Waals surface area (Å²) in [6.07, 6.45) is 5.38. The lowest BCUT2D eigenvalue weighted by molar-refractivity contribution is 0.338. The predicted molar refractivity (Wildman–Crippen MR) is 66.2 cm³/mol. The highest BCUT2D eigenvalue weighted by Gasteiger charge is 2.11. The lowest BCUT2D eigenvalue weighted by Crippen LogP contribution is -2.40. The molecule has 0 radical (unpaired) electrons. The Morgan fingerprint density at radius 2 is 1.94 bits per heavy atom.